The first-order valence-corrected chi connectivity index (χ1v) is 3.06. The van der Waals surface area contributed by atoms with E-state index in [9.17, 15) is 4.79 Å². The fourth-order valence-electron chi connectivity index (χ4n) is 0.636. The summed E-state index contributed by atoms with van der Waals surface area (Å²) in [5, 5.41) is 0. The zero-order chi connectivity index (χ0) is 8.27. The number of carbonyl (C=O) groups excluding carboxylic acids is 1. The molecule has 0 fully saturated rings. The van der Waals surface area contributed by atoms with E-state index in [1.807, 2.05) is 0 Å². The first kappa shape index (κ1) is 7.53. The van der Waals surface area contributed by atoms with Gasteiger partial charge in [-0.15, -0.1) is 0 Å². The van der Waals surface area contributed by atoms with Crippen LogP contribution in [0.2, 0.25) is 0 Å². The summed E-state index contributed by atoms with van der Waals surface area (Å²) in [7, 11) is 1.58. The third kappa shape index (κ3) is 1.67. The number of rotatable bonds is 1. The van der Waals surface area contributed by atoms with E-state index < -0.39 is 6.03 Å². The Morgan fingerprint density at radius 3 is 3.00 bits per heavy atom. The Labute approximate surface area is 64.6 Å². The van der Waals surface area contributed by atoms with E-state index in [4.69, 9.17) is 5.73 Å². The number of pyridine rings is 1. The SMILES string of the molecule is CN(C(N)=O)c1[c]cncc1. The Kier molecular flexibility index (Phi) is 2.06. The van der Waals surface area contributed by atoms with Gasteiger partial charge >= 0.3 is 6.03 Å². The highest BCUT2D eigenvalue weighted by atomic mass is 16.2. The van der Waals surface area contributed by atoms with Crippen LogP contribution in [-0.2, 0) is 0 Å². The molecule has 0 aliphatic rings. The fraction of sp³-hybridized carbons (Fsp3) is 0.143. The van der Waals surface area contributed by atoms with Gasteiger partial charge in [-0.05, 0) is 6.07 Å². The summed E-state index contributed by atoms with van der Waals surface area (Å²) in [5.74, 6) is 0. The molecule has 1 heterocycles. The fourth-order valence-corrected chi connectivity index (χ4v) is 0.636. The van der Waals surface area contributed by atoms with Gasteiger partial charge in [0.2, 0.25) is 0 Å². The molecule has 1 aromatic rings. The van der Waals surface area contributed by atoms with E-state index in [1.165, 1.54) is 11.1 Å². The Bertz CT molecular complexity index is 247. The molecule has 57 valence electrons. The third-order valence-corrected chi connectivity index (χ3v) is 1.30. The second kappa shape index (κ2) is 3.01. The highest BCUT2D eigenvalue weighted by molar-refractivity contribution is 5.89. The Morgan fingerprint density at radius 2 is 2.55 bits per heavy atom. The van der Waals surface area contributed by atoms with E-state index in [-0.39, 0.29) is 0 Å². The normalized spacial score (nSPS) is 9.18. The van der Waals surface area contributed by atoms with E-state index >= 15 is 0 Å². The van der Waals surface area contributed by atoms with Gasteiger partial charge in [-0.25, -0.2) is 4.79 Å². The van der Waals surface area contributed by atoms with Crippen molar-refractivity contribution in [1.82, 2.24) is 4.98 Å². The first-order chi connectivity index (χ1) is 5.22. The molecule has 0 aromatic carbocycles. The minimum Gasteiger partial charge on any atom is -0.351 e. The second-order valence-corrected chi connectivity index (χ2v) is 2.02. The van der Waals surface area contributed by atoms with Gasteiger partial charge in [0.05, 0.1) is 5.69 Å². The van der Waals surface area contributed by atoms with Gasteiger partial charge in [0, 0.05) is 25.5 Å². The zero-order valence-corrected chi connectivity index (χ0v) is 6.11. The van der Waals surface area contributed by atoms with Crippen molar-refractivity contribution in [3.63, 3.8) is 0 Å². The molecule has 1 rings (SSSR count). The van der Waals surface area contributed by atoms with Crippen LogP contribution in [-0.4, -0.2) is 18.1 Å². The van der Waals surface area contributed by atoms with Crippen molar-refractivity contribution in [2.45, 2.75) is 0 Å². The third-order valence-electron chi connectivity index (χ3n) is 1.30. The van der Waals surface area contributed by atoms with E-state index in [0.29, 0.717) is 5.69 Å². The zero-order valence-electron chi connectivity index (χ0n) is 6.11. The van der Waals surface area contributed by atoms with Crippen molar-refractivity contribution < 1.29 is 4.79 Å². The van der Waals surface area contributed by atoms with Crippen LogP contribution in [0.5, 0.6) is 0 Å². The van der Waals surface area contributed by atoms with Gasteiger partial charge in [0.25, 0.3) is 0 Å². The number of amides is 2. The molecule has 0 aliphatic carbocycles. The van der Waals surface area contributed by atoms with Crippen LogP contribution in [0.15, 0.2) is 18.5 Å². The Hall–Kier alpha value is -1.58. The second-order valence-electron chi connectivity index (χ2n) is 2.02. The van der Waals surface area contributed by atoms with Crippen molar-refractivity contribution in [2.24, 2.45) is 5.73 Å². The number of hydrogen-bond donors (Lipinski definition) is 1. The molecule has 1 radical (unpaired) electrons. The highest BCUT2D eigenvalue weighted by Gasteiger charge is 2.03. The lowest BCUT2D eigenvalue weighted by Gasteiger charge is -2.12. The molecule has 0 unspecified atom stereocenters. The number of nitrogens with zero attached hydrogens (tertiary/aromatic N) is 2. The van der Waals surface area contributed by atoms with Gasteiger partial charge in [-0.1, -0.05) is 0 Å². The predicted molar refractivity (Wildman–Crippen MR) is 41.1 cm³/mol. The van der Waals surface area contributed by atoms with Crippen LogP contribution >= 0.6 is 0 Å². The molecule has 0 bridgehead atoms. The van der Waals surface area contributed by atoms with Gasteiger partial charge in [0.15, 0.2) is 0 Å². The van der Waals surface area contributed by atoms with E-state index in [2.05, 4.69) is 11.1 Å². The average molecular weight is 150 g/mol. The summed E-state index contributed by atoms with van der Waals surface area (Å²) in [4.78, 5) is 15.7. The monoisotopic (exact) mass is 150 g/mol. The maximum absolute atomic E-state index is 10.6. The molecule has 4 nitrogen and oxygen atoms in total. The number of primary amides is 1. The molecule has 0 spiro atoms. The number of aromatic nitrogens is 1. The van der Waals surface area contributed by atoms with Gasteiger partial charge in [0.1, 0.15) is 0 Å². The summed E-state index contributed by atoms with van der Waals surface area (Å²) in [6, 6.07) is 3.91. The average Bonchev–Trinajstić information content (AvgIpc) is 2.05. The standard InChI is InChI=1S/C7H8N3O/c1-10(7(8)11)6-2-4-9-5-3-6/h2,4-5H,1H3,(H2,8,11). The maximum Gasteiger partial charge on any atom is 0.319 e. The number of carbonyl (C=O) groups is 1. The topological polar surface area (TPSA) is 59.2 Å². The van der Waals surface area contributed by atoms with Crippen LogP contribution in [0.25, 0.3) is 0 Å². The number of hydrogen-bond acceptors (Lipinski definition) is 2. The van der Waals surface area contributed by atoms with Crippen LogP contribution in [0, 0.1) is 6.07 Å². The van der Waals surface area contributed by atoms with Crippen LogP contribution in [0.4, 0.5) is 10.5 Å². The molecule has 0 saturated carbocycles. The maximum atomic E-state index is 10.6. The minimum absolute atomic E-state index is 0.507. The van der Waals surface area contributed by atoms with Crippen molar-refractivity contribution in [2.75, 3.05) is 11.9 Å². The Balaban J connectivity index is 2.85. The van der Waals surface area contributed by atoms with Gasteiger partial charge in [-0.3, -0.25) is 9.88 Å². The molecule has 0 aliphatic heterocycles. The molecule has 0 saturated heterocycles. The van der Waals surface area contributed by atoms with E-state index in [0.717, 1.165) is 0 Å². The summed E-state index contributed by atoms with van der Waals surface area (Å²) in [6.45, 7) is 0. The minimum atomic E-state index is -0.507. The molecular formula is C7H8N3O. The first-order valence-electron chi connectivity index (χ1n) is 3.06. The number of urea groups is 1. The Morgan fingerprint density at radius 1 is 1.82 bits per heavy atom. The van der Waals surface area contributed by atoms with Crippen molar-refractivity contribution in [3.8, 4) is 0 Å². The van der Waals surface area contributed by atoms with Crippen molar-refractivity contribution >= 4 is 11.7 Å². The van der Waals surface area contributed by atoms with E-state index in [1.54, 1.807) is 19.3 Å². The lowest BCUT2D eigenvalue weighted by atomic mass is 10.4. The lowest BCUT2D eigenvalue weighted by molar-refractivity contribution is 0.255. The predicted octanol–water partition coefficient (Wildman–Crippen LogP) is 0.397. The molecule has 2 amide bonds. The van der Waals surface area contributed by atoms with Crippen LogP contribution in [0.1, 0.15) is 0 Å². The molecule has 1 aromatic heterocycles. The largest absolute Gasteiger partial charge is 0.351 e. The van der Waals surface area contributed by atoms with Crippen LogP contribution < -0.4 is 10.6 Å². The summed E-state index contributed by atoms with van der Waals surface area (Å²) in [5.41, 5.74) is 5.63. The van der Waals surface area contributed by atoms with Crippen LogP contribution in [0.3, 0.4) is 0 Å². The van der Waals surface area contributed by atoms with Gasteiger partial charge in [-0.2, -0.15) is 0 Å². The molecule has 11 heavy (non-hydrogen) atoms. The molecular weight excluding hydrogens is 142 g/mol. The quantitative estimate of drug-likeness (QED) is 0.629. The van der Waals surface area contributed by atoms with Crippen molar-refractivity contribution in [3.05, 3.63) is 24.5 Å². The highest BCUT2D eigenvalue weighted by Crippen LogP contribution is 2.07. The summed E-state index contributed by atoms with van der Waals surface area (Å²) < 4.78 is 0. The molecule has 2 N–H and O–H groups in total. The number of anilines is 1. The van der Waals surface area contributed by atoms with Gasteiger partial charge < -0.3 is 5.73 Å². The molecule has 4 heteroatoms. The summed E-state index contributed by atoms with van der Waals surface area (Å²) >= 11 is 0. The molecule has 0 atom stereocenters. The smallest absolute Gasteiger partial charge is 0.319 e. The van der Waals surface area contributed by atoms with Crippen molar-refractivity contribution in [1.29, 1.82) is 0 Å². The lowest BCUT2D eigenvalue weighted by Crippen LogP contribution is -2.31. The number of nitrogens with two attached hydrogens (primary N) is 1. The summed E-state index contributed by atoms with van der Waals surface area (Å²) in [6.07, 6.45) is 3.06.